The second-order valence-electron chi connectivity index (χ2n) is 6.63. The van der Waals surface area contributed by atoms with Crippen LogP contribution in [0.1, 0.15) is 43.7 Å². The maximum atomic E-state index is 12.0. The van der Waals surface area contributed by atoms with Gasteiger partial charge in [0.1, 0.15) is 5.51 Å². The summed E-state index contributed by atoms with van der Waals surface area (Å²) in [5.41, 5.74) is 9.75. The van der Waals surface area contributed by atoms with Crippen LogP contribution in [0.4, 0.5) is 9.93 Å². The van der Waals surface area contributed by atoms with Crippen molar-refractivity contribution < 1.29 is 4.79 Å². The first-order chi connectivity index (χ1) is 12.7. The van der Waals surface area contributed by atoms with Crippen LogP contribution in [0.25, 0.3) is 0 Å². The van der Waals surface area contributed by atoms with Gasteiger partial charge in [-0.05, 0) is 24.8 Å². The molecule has 7 nitrogen and oxygen atoms in total. The van der Waals surface area contributed by atoms with E-state index >= 15 is 0 Å². The van der Waals surface area contributed by atoms with E-state index in [2.05, 4.69) is 56.7 Å². The lowest BCUT2D eigenvalue weighted by Gasteiger charge is -2.17. The third-order valence-electron chi connectivity index (χ3n) is 4.65. The van der Waals surface area contributed by atoms with Gasteiger partial charge in [0.25, 0.3) is 0 Å². The summed E-state index contributed by atoms with van der Waals surface area (Å²) in [5, 5.41) is 10.8. The molecule has 2 unspecified atom stereocenters. The summed E-state index contributed by atoms with van der Waals surface area (Å²) in [7, 11) is 1.81. The maximum Gasteiger partial charge on any atom is 0.323 e. The lowest BCUT2D eigenvalue weighted by atomic mass is 9.99. The zero-order valence-corrected chi connectivity index (χ0v) is 15.8. The minimum atomic E-state index is -0.130. The number of anilines is 1. The highest BCUT2D eigenvalue weighted by molar-refractivity contribution is 7.13. The van der Waals surface area contributed by atoms with Gasteiger partial charge >= 0.3 is 6.03 Å². The van der Waals surface area contributed by atoms with Gasteiger partial charge in [-0.2, -0.15) is 0 Å². The molecule has 3 N–H and O–H groups in total. The largest absolute Gasteiger partial charge is 0.328 e. The smallest absolute Gasteiger partial charge is 0.323 e. The number of urea groups is 1. The molecular formula is C18H26N6OS. The van der Waals surface area contributed by atoms with Gasteiger partial charge in [-0.15, -0.1) is 10.2 Å². The molecule has 0 spiro atoms. The van der Waals surface area contributed by atoms with E-state index in [4.69, 9.17) is 0 Å². The maximum absolute atomic E-state index is 12.0. The molecule has 0 bridgehead atoms. The highest BCUT2D eigenvalue weighted by Gasteiger charge is 2.24. The SMILES string of the molecule is CN(CCCCCC1CC(c2ccccc2)NN1)C(=O)Nc1nncs1. The molecular weight excluding hydrogens is 348 g/mol. The quantitative estimate of drug-likeness (QED) is 0.618. The fourth-order valence-electron chi connectivity index (χ4n) is 3.15. The minimum Gasteiger partial charge on any atom is -0.328 e. The number of hydrogen-bond acceptors (Lipinski definition) is 6. The Morgan fingerprint density at radius 1 is 1.27 bits per heavy atom. The van der Waals surface area contributed by atoms with Crippen molar-refractivity contribution in [1.82, 2.24) is 25.9 Å². The number of carbonyl (C=O) groups is 1. The third kappa shape index (κ3) is 5.48. The summed E-state index contributed by atoms with van der Waals surface area (Å²) < 4.78 is 0. The van der Waals surface area contributed by atoms with Gasteiger partial charge in [0.15, 0.2) is 0 Å². The molecule has 26 heavy (non-hydrogen) atoms. The summed E-state index contributed by atoms with van der Waals surface area (Å²) in [6.45, 7) is 0.744. The standard InChI is InChI=1S/C18H26N6OS/c1-24(18(25)20-17-23-19-13-26-17)11-7-3-6-10-15-12-16(22-21-15)14-8-4-2-5-9-14/h2,4-5,8-9,13,15-16,21-22H,3,6-7,10-12H2,1H3,(H,20,23,25). The Bertz CT molecular complexity index is 666. The van der Waals surface area contributed by atoms with E-state index in [0.29, 0.717) is 17.2 Å². The Morgan fingerprint density at radius 3 is 2.88 bits per heavy atom. The van der Waals surface area contributed by atoms with Crippen LogP contribution in [0.5, 0.6) is 0 Å². The highest BCUT2D eigenvalue weighted by Crippen LogP contribution is 2.24. The van der Waals surface area contributed by atoms with Crippen LogP contribution in [-0.4, -0.2) is 40.8 Å². The Balaban J connectivity index is 1.27. The molecule has 2 aromatic rings. The summed E-state index contributed by atoms with van der Waals surface area (Å²) in [6.07, 6.45) is 5.55. The third-order valence-corrected chi connectivity index (χ3v) is 5.26. The van der Waals surface area contributed by atoms with Crippen LogP contribution in [0, 0.1) is 0 Å². The second kappa shape index (κ2) is 9.61. The zero-order valence-electron chi connectivity index (χ0n) is 15.0. The van der Waals surface area contributed by atoms with E-state index in [9.17, 15) is 4.79 Å². The van der Waals surface area contributed by atoms with Crippen molar-refractivity contribution in [2.45, 2.75) is 44.2 Å². The first-order valence-electron chi connectivity index (χ1n) is 9.06. The summed E-state index contributed by atoms with van der Waals surface area (Å²) >= 11 is 1.32. The number of unbranched alkanes of at least 4 members (excludes halogenated alkanes) is 2. The molecule has 8 heteroatoms. The van der Waals surface area contributed by atoms with Crippen LogP contribution >= 0.6 is 11.3 Å². The van der Waals surface area contributed by atoms with Crippen LogP contribution in [0.3, 0.4) is 0 Å². The molecule has 2 amide bonds. The van der Waals surface area contributed by atoms with Crippen LogP contribution < -0.4 is 16.2 Å². The van der Waals surface area contributed by atoms with E-state index in [0.717, 1.165) is 38.6 Å². The van der Waals surface area contributed by atoms with Gasteiger partial charge in [0.2, 0.25) is 5.13 Å². The topological polar surface area (TPSA) is 82.2 Å². The van der Waals surface area contributed by atoms with E-state index in [-0.39, 0.29) is 6.03 Å². The summed E-state index contributed by atoms with van der Waals surface area (Å²) in [6, 6.07) is 11.3. The number of benzene rings is 1. The first-order valence-corrected chi connectivity index (χ1v) is 9.94. The average Bonchev–Trinajstić information content (AvgIpc) is 3.34. The second-order valence-corrected chi connectivity index (χ2v) is 7.46. The Kier molecular flexibility index (Phi) is 6.93. The van der Waals surface area contributed by atoms with Gasteiger partial charge in [0.05, 0.1) is 0 Å². The van der Waals surface area contributed by atoms with E-state index in [1.165, 1.54) is 16.9 Å². The fourth-order valence-corrected chi connectivity index (χ4v) is 3.58. The molecule has 0 saturated carbocycles. The van der Waals surface area contributed by atoms with Crippen molar-refractivity contribution in [2.24, 2.45) is 0 Å². The van der Waals surface area contributed by atoms with Crippen LogP contribution in [0.2, 0.25) is 0 Å². The number of hydrogen-bond donors (Lipinski definition) is 3. The minimum absolute atomic E-state index is 0.130. The number of carbonyl (C=O) groups excluding carboxylic acids is 1. The van der Waals surface area contributed by atoms with Gasteiger partial charge in [0, 0.05) is 25.7 Å². The number of nitrogens with zero attached hydrogens (tertiary/aromatic N) is 3. The Morgan fingerprint density at radius 2 is 2.12 bits per heavy atom. The van der Waals surface area contributed by atoms with Gasteiger partial charge in [-0.25, -0.2) is 4.79 Å². The molecule has 2 atom stereocenters. The summed E-state index contributed by atoms with van der Waals surface area (Å²) in [5.74, 6) is 0. The molecule has 2 heterocycles. The normalized spacial score (nSPS) is 19.4. The summed E-state index contributed by atoms with van der Waals surface area (Å²) in [4.78, 5) is 13.7. The Labute approximate surface area is 158 Å². The van der Waals surface area contributed by atoms with E-state index < -0.39 is 0 Å². The average molecular weight is 375 g/mol. The predicted molar refractivity (Wildman–Crippen MR) is 104 cm³/mol. The highest BCUT2D eigenvalue weighted by atomic mass is 32.1. The lowest BCUT2D eigenvalue weighted by molar-refractivity contribution is 0.221. The first kappa shape index (κ1) is 18.8. The van der Waals surface area contributed by atoms with Crippen LogP contribution in [-0.2, 0) is 0 Å². The van der Waals surface area contributed by atoms with E-state index in [1.54, 1.807) is 10.4 Å². The molecule has 1 saturated heterocycles. The number of amides is 2. The molecule has 1 aliphatic rings. The van der Waals surface area contributed by atoms with Crippen molar-refractivity contribution in [3.63, 3.8) is 0 Å². The van der Waals surface area contributed by atoms with Gasteiger partial charge < -0.3 is 4.90 Å². The van der Waals surface area contributed by atoms with Crippen molar-refractivity contribution in [1.29, 1.82) is 0 Å². The molecule has 0 radical (unpaired) electrons. The van der Waals surface area contributed by atoms with Crippen LogP contribution in [0.15, 0.2) is 35.8 Å². The number of nitrogens with one attached hydrogen (secondary N) is 3. The molecule has 1 aliphatic heterocycles. The molecule has 3 rings (SSSR count). The van der Waals surface area contributed by atoms with E-state index in [1.807, 2.05) is 7.05 Å². The van der Waals surface area contributed by atoms with Gasteiger partial charge in [-0.1, -0.05) is 54.5 Å². The number of aromatic nitrogens is 2. The molecule has 140 valence electrons. The molecule has 1 aromatic carbocycles. The predicted octanol–water partition coefficient (Wildman–Crippen LogP) is 3.17. The fraction of sp³-hybridized carbons (Fsp3) is 0.500. The number of hydrazine groups is 1. The van der Waals surface area contributed by atoms with Gasteiger partial charge in [-0.3, -0.25) is 16.2 Å². The Hall–Kier alpha value is -2.03. The lowest BCUT2D eigenvalue weighted by Crippen LogP contribution is -2.32. The molecule has 1 fully saturated rings. The molecule has 1 aromatic heterocycles. The van der Waals surface area contributed by atoms with Crippen molar-refractivity contribution in [3.8, 4) is 0 Å². The number of rotatable bonds is 8. The van der Waals surface area contributed by atoms with Crippen molar-refractivity contribution in [2.75, 3.05) is 18.9 Å². The van der Waals surface area contributed by atoms with Crippen molar-refractivity contribution in [3.05, 3.63) is 41.4 Å². The zero-order chi connectivity index (χ0) is 18.2. The van der Waals surface area contributed by atoms with Crippen molar-refractivity contribution >= 4 is 22.5 Å². The molecule has 0 aliphatic carbocycles. The monoisotopic (exact) mass is 374 g/mol.